The van der Waals surface area contributed by atoms with Gasteiger partial charge in [-0.2, -0.15) is 0 Å². The lowest BCUT2D eigenvalue weighted by Gasteiger charge is -2.29. The van der Waals surface area contributed by atoms with Crippen LogP contribution in [0.2, 0.25) is 0 Å². The Morgan fingerprint density at radius 2 is 1.93 bits per heavy atom. The first-order chi connectivity index (χ1) is 12.9. The molecule has 0 aliphatic heterocycles. The van der Waals surface area contributed by atoms with Crippen LogP contribution in [-0.4, -0.2) is 55.5 Å². The van der Waals surface area contributed by atoms with Gasteiger partial charge in [0.25, 0.3) is 0 Å². The molecule has 1 aliphatic rings. The fourth-order valence-electron chi connectivity index (χ4n) is 3.75. The molecule has 1 aromatic rings. The molecule has 1 amide bonds. The van der Waals surface area contributed by atoms with Crippen molar-refractivity contribution in [2.45, 2.75) is 59.3 Å². The van der Waals surface area contributed by atoms with E-state index in [1.165, 1.54) is 15.6 Å². The number of hydrogen-bond donors (Lipinski definition) is 2. The molecule has 6 nitrogen and oxygen atoms in total. The van der Waals surface area contributed by atoms with Crippen molar-refractivity contribution in [3.05, 3.63) is 15.6 Å². The molecule has 0 spiro atoms. The van der Waals surface area contributed by atoms with E-state index in [0.717, 1.165) is 57.6 Å². The van der Waals surface area contributed by atoms with E-state index in [4.69, 9.17) is 9.98 Å². The van der Waals surface area contributed by atoms with Crippen LogP contribution >= 0.6 is 35.3 Å². The first-order valence-corrected chi connectivity index (χ1v) is 10.9. The summed E-state index contributed by atoms with van der Waals surface area (Å²) in [6.45, 7) is 8.49. The molecule has 0 unspecified atom stereocenters. The summed E-state index contributed by atoms with van der Waals surface area (Å²) in [5.41, 5.74) is 0.884. The second-order valence-corrected chi connectivity index (χ2v) is 8.81. The molecule has 1 saturated carbocycles. The van der Waals surface area contributed by atoms with Crippen molar-refractivity contribution < 1.29 is 4.79 Å². The number of thiazole rings is 1. The summed E-state index contributed by atoms with van der Waals surface area (Å²) >= 11 is 1.78. The van der Waals surface area contributed by atoms with Crippen molar-refractivity contribution in [3.63, 3.8) is 0 Å². The minimum atomic E-state index is -0.325. The van der Waals surface area contributed by atoms with Crippen LogP contribution in [0, 0.1) is 12.3 Å². The Kier molecular flexibility index (Phi) is 10.7. The van der Waals surface area contributed by atoms with Crippen LogP contribution in [0.1, 0.15) is 55.1 Å². The predicted molar refractivity (Wildman–Crippen MR) is 129 cm³/mol. The van der Waals surface area contributed by atoms with E-state index in [2.05, 4.69) is 31.4 Å². The molecule has 0 radical (unpaired) electrons. The van der Waals surface area contributed by atoms with E-state index in [0.29, 0.717) is 6.54 Å². The van der Waals surface area contributed by atoms with E-state index in [1.807, 2.05) is 14.1 Å². The second kappa shape index (κ2) is 11.9. The monoisotopic (exact) mass is 521 g/mol. The summed E-state index contributed by atoms with van der Waals surface area (Å²) < 4.78 is 0. The molecular formula is C20H36IN5OS. The fraction of sp³-hybridized carbons (Fsp3) is 0.750. The maximum absolute atomic E-state index is 12.7. The number of carbonyl (C=O) groups excluding carboxylic acids is 1. The molecule has 1 aromatic heterocycles. The smallest absolute Gasteiger partial charge is 0.230 e. The van der Waals surface area contributed by atoms with Crippen LogP contribution < -0.4 is 10.6 Å². The first kappa shape index (κ1) is 25.1. The van der Waals surface area contributed by atoms with E-state index in [1.54, 1.807) is 16.2 Å². The molecule has 28 heavy (non-hydrogen) atoms. The quantitative estimate of drug-likeness (QED) is 0.313. The molecule has 160 valence electrons. The lowest BCUT2D eigenvalue weighted by atomic mass is 9.85. The maximum Gasteiger partial charge on any atom is 0.230 e. The van der Waals surface area contributed by atoms with Gasteiger partial charge in [-0.3, -0.25) is 9.79 Å². The fourth-order valence-corrected chi connectivity index (χ4v) is 4.77. The summed E-state index contributed by atoms with van der Waals surface area (Å²) in [6, 6.07) is 0. The van der Waals surface area contributed by atoms with E-state index in [9.17, 15) is 4.79 Å². The number of carbonyl (C=O) groups is 1. The number of aromatic nitrogens is 1. The topological polar surface area (TPSA) is 69.6 Å². The number of rotatable bonds is 8. The third-order valence-electron chi connectivity index (χ3n) is 5.21. The van der Waals surface area contributed by atoms with Crippen molar-refractivity contribution in [1.82, 2.24) is 20.5 Å². The summed E-state index contributed by atoms with van der Waals surface area (Å²) in [7, 11) is 3.69. The lowest BCUT2D eigenvalue weighted by molar-refractivity contribution is -0.138. The largest absolute Gasteiger partial charge is 0.357 e. The molecule has 2 rings (SSSR count). The van der Waals surface area contributed by atoms with E-state index < -0.39 is 0 Å². The van der Waals surface area contributed by atoms with Crippen molar-refractivity contribution in [1.29, 1.82) is 0 Å². The molecule has 8 heteroatoms. The second-order valence-electron chi connectivity index (χ2n) is 7.52. The summed E-state index contributed by atoms with van der Waals surface area (Å²) in [5, 5.41) is 7.88. The number of aryl methyl sites for hydroxylation is 2. The Morgan fingerprint density at radius 3 is 2.46 bits per heavy atom. The van der Waals surface area contributed by atoms with Crippen LogP contribution in [0.5, 0.6) is 0 Å². The van der Waals surface area contributed by atoms with Crippen molar-refractivity contribution in [3.8, 4) is 0 Å². The Labute approximate surface area is 191 Å². The van der Waals surface area contributed by atoms with E-state index >= 15 is 0 Å². The van der Waals surface area contributed by atoms with E-state index in [-0.39, 0.29) is 35.3 Å². The number of aliphatic imine (C=N–C) groups is 1. The highest BCUT2D eigenvalue weighted by Crippen LogP contribution is 2.39. The average molecular weight is 522 g/mol. The number of amides is 1. The highest BCUT2D eigenvalue weighted by atomic mass is 127. The Bertz CT molecular complexity index is 653. The van der Waals surface area contributed by atoms with Crippen LogP contribution in [0.15, 0.2) is 4.99 Å². The maximum atomic E-state index is 12.7. The zero-order valence-corrected chi connectivity index (χ0v) is 21.1. The molecule has 1 heterocycles. The molecule has 1 aliphatic carbocycles. The molecule has 0 aromatic carbocycles. The van der Waals surface area contributed by atoms with Gasteiger partial charge in [0.15, 0.2) is 5.96 Å². The lowest BCUT2D eigenvalue weighted by Crippen LogP contribution is -2.43. The van der Waals surface area contributed by atoms with Gasteiger partial charge in [-0.15, -0.1) is 35.3 Å². The van der Waals surface area contributed by atoms with Crippen LogP contribution in [0.25, 0.3) is 0 Å². The van der Waals surface area contributed by atoms with Crippen LogP contribution in [0.3, 0.4) is 0 Å². The van der Waals surface area contributed by atoms with Crippen LogP contribution in [0.4, 0.5) is 0 Å². The number of nitrogens with one attached hydrogen (secondary N) is 2. The van der Waals surface area contributed by atoms with Gasteiger partial charge in [0, 0.05) is 38.5 Å². The number of nitrogens with zero attached hydrogens (tertiary/aromatic N) is 3. The summed E-state index contributed by atoms with van der Waals surface area (Å²) in [4.78, 5) is 25.2. The minimum absolute atomic E-state index is 0. The number of guanidine groups is 1. The van der Waals surface area contributed by atoms with Gasteiger partial charge in [-0.1, -0.05) is 19.8 Å². The van der Waals surface area contributed by atoms with Gasteiger partial charge in [0.2, 0.25) is 5.91 Å². The van der Waals surface area contributed by atoms with Gasteiger partial charge < -0.3 is 15.5 Å². The molecule has 0 bridgehead atoms. The zero-order valence-electron chi connectivity index (χ0n) is 17.9. The standard InChI is InChI=1S/C20H35N5OS.HI/c1-6-16-15(3)27-17(24-16)10-13-22-19(21-7-2)23-14-20(11-8-9-12-20)18(26)25(4)5;/h6-14H2,1-5H3,(H2,21,22,23);1H. The minimum Gasteiger partial charge on any atom is -0.357 e. The Hall–Kier alpha value is -0.900. The van der Waals surface area contributed by atoms with Crippen LogP contribution in [-0.2, 0) is 17.6 Å². The SMILES string of the molecule is CCNC(=NCC1(C(=O)N(C)C)CCCC1)NCCc1nc(CC)c(C)s1.I. The van der Waals surface area contributed by atoms with Gasteiger partial charge in [-0.05, 0) is 33.1 Å². The molecule has 2 N–H and O–H groups in total. The summed E-state index contributed by atoms with van der Waals surface area (Å²) in [5.74, 6) is 1.00. The third kappa shape index (κ3) is 6.57. The normalized spacial score (nSPS) is 15.8. The van der Waals surface area contributed by atoms with Gasteiger partial charge >= 0.3 is 0 Å². The highest BCUT2D eigenvalue weighted by molar-refractivity contribution is 14.0. The van der Waals surface area contributed by atoms with Crippen molar-refractivity contribution in [2.24, 2.45) is 10.4 Å². The molecule has 1 fully saturated rings. The van der Waals surface area contributed by atoms with Crippen molar-refractivity contribution in [2.75, 3.05) is 33.7 Å². The Balaban J connectivity index is 0.00000392. The van der Waals surface area contributed by atoms with Gasteiger partial charge in [-0.25, -0.2) is 4.98 Å². The molecular weight excluding hydrogens is 485 g/mol. The highest BCUT2D eigenvalue weighted by Gasteiger charge is 2.42. The van der Waals surface area contributed by atoms with Crippen molar-refractivity contribution >= 4 is 47.2 Å². The van der Waals surface area contributed by atoms with Gasteiger partial charge in [0.1, 0.15) is 0 Å². The molecule has 0 saturated heterocycles. The predicted octanol–water partition coefficient (Wildman–Crippen LogP) is 3.38. The summed E-state index contributed by atoms with van der Waals surface area (Å²) in [6.07, 6.45) is 5.97. The average Bonchev–Trinajstić information content (AvgIpc) is 3.26. The first-order valence-electron chi connectivity index (χ1n) is 10.1. The number of halogens is 1. The Morgan fingerprint density at radius 1 is 1.25 bits per heavy atom. The number of hydrogen-bond acceptors (Lipinski definition) is 4. The zero-order chi connectivity index (χ0) is 19.9. The van der Waals surface area contributed by atoms with Gasteiger partial charge in [0.05, 0.1) is 22.7 Å². The molecule has 0 atom stereocenters. The third-order valence-corrected chi connectivity index (χ3v) is 6.28.